The van der Waals surface area contributed by atoms with Crippen molar-refractivity contribution < 1.29 is 8.42 Å². The third-order valence-corrected chi connectivity index (χ3v) is 8.15. The molecule has 3 aromatic rings. The van der Waals surface area contributed by atoms with E-state index in [4.69, 9.17) is 11.6 Å². The number of nitrogens with one attached hydrogen (secondary N) is 2. The lowest BCUT2D eigenvalue weighted by molar-refractivity contribution is 0.425. The van der Waals surface area contributed by atoms with Gasteiger partial charge in [0.2, 0.25) is 0 Å². The maximum atomic E-state index is 13.2. The molecule has 0 bridgehead atoms. The normalized spacial score (nSPS) is 21.5. The number of aryl methyl sites for hydroxylation is 2. The molecule has 0 fully saturated rings. The zero-order valence-electron chi connectivity index (χ0n) is 18.0. The number of benzene rings is 3. The number of sulfonamides is 1. The highest BCUT2D eigenvalue weighted by molar-refractivity contribution is 7.92. The maximum Gasteiger partial charge on any atom is 0.261 e. The minimum absolute atomic E-state index is 0.122. The molecule has 0 radical (unpaired) electrons. The van der Waals surface area contributed by atoms with E-state index in [1.165, 1.54) is 0 Å². The molecule has 0 amide bonds. The van der Waals surface area contributed by atoms with Gasteiger partial charge in [0.1, 0.15) is 0 Å². The van der Waals surface area contributed by atoms with Gasteiger partial charge in [0.15, 0.2) is 0 Å². The molecule has 1 aliphatic carbocycles. The fourth-order valence-electron chi connectivity index (χ4n) is 4.94. The molecule has 0 saturated carbocycles. The molecule has 4 nitrogen and oxygen atoms in total. The number of rotatable bonds is 4. The average molecular weight is 465 g/mol. The number of anilines is 2. The highest BCUT2D eigenvalue weighted by Gasteiger charge is 2.38. The van der Waals surface area contributed by atoms with Crippen molar-refractivity contribution >= 4 is 33.0 Å². The largest absolute Gasteiger partial charge is 0.378 e. The molecule has 2 N–H and O–H groups in total. The van der Waals surface area contributed by atoms with E-state index in [9.17, 15) is 8.42 Å². The van der Waals surface area contributed by atoms with Gasteiger partial charge < -0.3 is 5.32 Å². The molecule has 32 heavy (non-hydrogen) atoms. The smallest absolute Gasteiger partial charge is 0.261 e. The topological polar surface area (TPSA) is 58.2 Å². The molecule has 3 aromatic carbocycles. The number of fused-ring (bicyclic) bond motifs is 3. The summed E-state index contributed by atoms with van der Waals surface area (Å²) in [6, 6.07) is 19.2. The van der Waals surface area contributed by atoms with E-state index in [0.717, 1.165) is 39.4 Å². The lowest BCUT2D eigenvalue weighted by atomic mass is 9.77. The molecule has 2 unspecified atom stereocenters. The Morgan fingerprint density at radius 1 is 1.00 bits per heavy atom. The van der Waals surface area contributed by atoms with E-state index in [1.54, 1.807) is 6.07 Å². The number of allylic oxidation sites excluding steroid dienone is 2. The van der Waals surface area contributed by atoms with Crippen LogP contribution in [0.4, 0.5) is 11.4 Å². The summed E-state index contributed by atoms with van der Waals surface area (Å²) in [6.45, 7) is 3.82. The highest BCUT2D eigenvalue weighted by Crippen LogP contribution is 2.50. The second kappa shape index (κ2) is 7.98. The maximum absolute atomic E-state index is 13.2. The minimum Gasteiger partial charge on any atom is -0.378 e. The van der Waals surface area contributed by atoms with Gasteiger partial charge in [-0.05, 0) is 78.8 Å². The fraction of sp³-hybridized carbons (Fsp3) is 0.231. The summed E-state index contributed by atoms with van der Waals surface area (Å²) in [6.07, 6.45) is 5.34. The van der Waals surface area contributed by atoms with Gasteiger partial charge in [0.25, 0.3) is 10.0 Å². The second-order valence-corrected chi connectivity index (χ2v) is 10.8. The lowest BCUT2D eigenvalue weighted by Crippen LogP contribution is -2.29. The first kappa shape index (κ1) is 21.1. The summed E-state index contributed by atoms with van der Waals surface area (Å²) in [5.74, 6) is 0.469. The van der Waals surface area contributed by atoms with Gasteiger partial charge in [-0.2, -0.15) is 0 Å². The van der Waals surface area contributed by atoms with Crippen molar-refractivity contribution in [1.82, 2.24) is 0 Å². The van der Waals surface area contributed by atoms with Crippen molar-refractivity contribution in [2.75, 3.05) is 10.0 Å². The van der Waals surface area contributed by atoms with Crippen molar-refractivity contribution in [2.24, 2.45) is 5.92 Å². The molecule has 6 heteroatoms. The van der Waals surface area contributed by atoms with Crippen molar-refractivity contribution in [1.29, 1.82) is 0 Å². The van der Waals surface area contributed by atoms with Crippen LogP contribution in [0.5, 0.6) is 0 Å². The number of halogens is 1. The third-order valence-electron chi connectivity index (χ3n) is 6.57. The molecule has 164 valence electrons. The Hall–Kier alpha value is -2.76. The predicted octanol–water partition coefficient (Wildman–Crippen LogP) is 6.58. The molecular weight excluding hydrogens is 440 g/mol. The summed E-state index contributed by atoms with van der Waals surface area (Å²) in [4.78, 5) is 0.279. The van der Waals surface area contributed by atoms with Crippen LogP contribution in [0.1, 0.15) is 40.6 Å². The van der Waals surface area contributed by atoms with Crippen LogP contribution in [0.15, 0.2) is 77.7 Å². The first-order valence-electron chi connectivity index (χ1n) is 10.7. The zero-order chi connectivity index (χ0) is 22.5. The minimum atomic E-state index is -3.71. The SMILES string of the molecule is Cc1cccc(C)c1NS(=O)(=O)c1ccc2c(c1)C1C=CCC1[C@@H](c1cccc(Cl)c1)N2. The van der Waals surface area contributed by atoms with Crippen molar-refractivity contribution in [3.63, 3.8) is 0 Å². The van der Waals surface area contributed by atoms with E-state index < -0.39 is 10.0 Å². The summed E-state index contributed by atoms with van der Waals surface area (Å²) < 4.78 is 29.3. The second-order valence-electron chi connectivity index (χ2n) is 8.65. The van der Waals surface area contributed by atoms with Gasteiger partial charge in [-0.3, -0.25) is 4.72 Å². The number of hydrogen-bond acceptors (Lipinski definition) is 3. The van der Waals surface area contributed by atoms with Gasteiger partial charge in [-0.1, -0.05) is 54.1 Å². The number of para-hydroxylation sites is 1. The van der Waals surface area contributed by atoms with Gasteiger partial charge >= 0.3 is 0 Å². The van der Waals surface area contributed by atoms with Crippen LogP contribution in [0, 0.1) is 19.8 Å². The summed E-state index contributed by atoms with van der Waals surface area (Å²) in [7, 11) is -3.71. The molecule has 1 aliphatic heterocycles. The first-order chi connectivity index (χ1) is 15.3. The Kier molecular flexibility index (Phi) is 5.26. The van der Waals surface area contributed by atoms with Crippen LogP contribution < -0.4 is 10.0 Å². The van der Waals surface area contributed by atoms with Crippen molar-refractivity contribution in [3.05, 3.63) is 100 Å². The summed E-state index contributed by atoms with van der Waals surface area (Å²) >= 11 is 6.25. The molecule has 1 heterocycles. The summed E-state index contributed by atoms with van der Waals surface area (Å²) in [5.41, 5.74) is 5.58. The lowest BCUT2D eigenvalue weighted by Gasteiger charge is -2.37. The first-order valence-corrected chi connectivity index (χ1v) is 12.6. The molecule has 0 spiro atoms. The van der Waals surface area contributed by atoms with Crippen molar-refractivity contribution in [2.45, 2.75) is 37.1 Å². The van der Waals surface area contributed by atoms with Crippen LogP contribution in [0.3, 0.4) is 0 Å². The van der Waals surface area contributed by atoms with Gasteiger partial charge in [0, 0.05) is 16.6 Å². The molecule has 0 aromatic heterocycles. The van der Waals surface area contributed by atoms with E-state index in [1.807, 2.05) is 62.4 Å². The van der Waals surface area contributed by atoms with Crippen LogP contribution in [0.25, 0.3) is 0 Å². The van der Waals surface area contributed by atoms with E-state index in [2.05, 4.69) is 28.3 Å². The van der Waals surface area contributed by atoms with Crippen LogP contribution in [-0.4, -0.2) is 8.42 Å². The Morgan fingerprint density at radius 2 is 1.75 bits per heavy atom. The Labute approximate surface area is 194 Å². The molecular formula is C26H25ClN2O2S. The summed E-state index contributed by atoms with van der Waals surface area (Å²) in [5, 5.41) is 4.36. The van der Waals surface area contributed by atoms with Gasteiger partial charge in [-0.25, -0.2) is 8.42 Å². The number of hydrogen-bond donors (Lipinski definition) is 2. The predicted molar refractivity (Wildman–Crippen MR) is 131 cm³/mol. The van der Waals surface area contributed by atoms with Gasteiger partial charge in [0.05, 0.1) is 16.6 Å². The van der Waals surface area contributed by atoms with Crippen LogP contribution in [-0.2, 0) is 10.0 Å². The fourth-order valence-corrected chi connectivity index (χ4v) is 6.38. The average Bonchev–Trinajstić information content (AvgIpc) is 3.26. The standard InChI is InChI=1S/C26H25ClN2O2S/c1-16-6-3-7-17(2)25(16)29-32(30,31)20-12-13-24-23(15-20)21-10-5-11-22(21)26(28-24)18-8-4-9-19(27)14-18/h3-10,12-15,21-22,26,28-29H,11H2,1-2H3/t21?,22?,26-/m1/s1. The van der Waals surface area contributed by atoms with Gasteiger partial charge in [-0.15, -0.1) is 0 Å². The molecule has 2 aliphatic rings. The zero-order valence-corrected chi connectivity index (χ0v) is 19.5. The van der Waals surface area contributed by atoms with E-state index >= 15 is 0 Å². The quantitative estimate of drug-likeness (QED) is 0.428. The Balaban J connectivity index is 1.51. The third kappa shape index (κ3) is 3.70. The molecule has 3 atom stereocenters. The van der Waals surface area contributed by atoms with Crippen molar-refractivity contribution in [3.8, 4) is 0 Å². The monoisotopic (exact) mass is 464 g/mol. The van der Waals surface area contributed by atoms with Crippen LogP contribution in [0.2, 0.25) is 5.02 Å². The van der Waals surface area contributed by atoms with E-state index in [0.29, 0.717) is 11.6 Å². The van der Waals surface area contributed by atoms with E-state index in [-0.39, 0.29) is 16.9 Å². The molecule has 5 rings (SSSR count). The van der Waals surface area contributed by atoms with Crippen LogP contribution >= 0.6 is 11.6 Å². The highest BCUT2D eigenvalue weighted by atomic mass is 35.5. The Bertz CT molecular complexity index is 1310. The molecule has 0 saturated heterocycles. The Morgan fingerprint density at radius 3 is 2.50 bits per heavy atom.